The number of hydrogen-bond donors (Lipinski definition) is 3. The number of nitrogens with zero attached hydrogens (tertiary/aromatic N) is 1. The number of benzene rings is 1. The molecular weight excluding hydrogens is 360 g/mol. The van der Waals surface area contributed by atoms with Crippen LogP contribution in [0.15, 0.2) is 23.1 Å². The number of urea groups is 1. The molecule has 2 fully saturated rings. The largest absolute Gasteiger partial charge is 0.496 e. The fourth-order valence-electron chi connectivity index (χ4n) is 3.24. The Bertz CT molecular complexity index is 856. The first kappa shape index (κ1) is 18.6. The van der Waals surface area contributed by atoms with Crippen molar-refractivity contribution in [3.05, 3.63) is 23.8 Å². The third kappa shape index (κ3) is 3.04. The Morgan fingerprint density at radius 1 is 1.31 bits per heavy atom. The van der Waals surface area contributed by atoms with Crippen molar-refractivity contribution in [2.24, 2.45) is 0 Å². The molecule has 0 saturated carbocycles. The van der Waals surface area contributed by atoms with E-state index in [0.717, 1.165) is 0 Å². The van der Waals surface area contributed by atoms with E-state index in [2.05, 4.69) is 16.0 Å². The zero-order chi connectivity index (χ0) is 19.1. The summed E-state index contributed by atoms with van der Waals surface area (Å²) < 4.78 is 32.7. The van der Waals surface area contributed by atoms with Crippen LogP contribution in [-0.2, 0) is 20.4 Å². The molecule has 0 spiro atoms. The maximum absolute atomic E-state index is 13.0. The van der Waals surface area contributed by atoms with E-state index in [1.165, 1.54) is 36.5 Å². The van der Waals surface area contributed by atoms with Crippen molar-refractivity contribution >= 4 is 22.0 Å². The van der Waals surface area contributed by atoms with E-state index in [4.69, 9.17) is 4.74 Å². The summed E-state index contributed by atoms with van der Waals surface area (Å²) >= 11 is 0. The number of ether oxygens (including phenoxy) is 1. The molecule has 2 aliphatic heterocycles. The average molecular weight is 382 g/mol. The van der Waals surface area contributed by atoms with Gasteiger partial charge in [0.25, 0.3) is 5.91 Å². The van der Waals surface area contributed by atoms with Crippen LogP contribution in [0.3, 0.4) is 0 Å². The number of amides is 3. The van der Waals surface area contributed by atoms with Crippen molar-refractivity contribution < 1.29 is 22.7 Å². The van der Waals surface area contributed by atoms with Gasteiger partial charge in [0.2, 0.25) is 10.0 Å². The van der Waals surface area contributed by atoms with Crippen LogP contribution in [0.4, 0.5) is 4.79 Å². The molecule has 2 heterocycles. The van der Waals surface area contributed by atoms with Gasteiger partial charge in [0.15, 0.2) is 0 Å². The number of rotatable bonds is 4. The number of carbonyl (C=O) groups excluding carboxylic acids is 2. The van der Waals surface area contributed by atoms with Gasteiger partial charge in [0.1, 0.15) is 11.3 Å². The Morgan fingerprint density at radius 3 is 2.62 bits per heavy atom. The molecule has 9 nitrogen and oxygen atoms in total. The highest BCUT2D eigenvalue weighted by Gasteiger charge is 2.46. The Kier molecular flexibility index (Phi) is 4.67. The minimum atomic E-state index is -3.74. The van der Waals surface area contributed by atoms with Gasteiger partial charge in [-0.15, -0.1) is 0 Å². The number of methoxy groups -OCH3 is 1. The third-order valence-corrected chi connectivity index (χ3v) is 6.58. The Balaban J connectivity index is 2.05. The Hall–Kier alpha value is -2.17. The van der Waals surface area contributed by atoms with E-state index >= 15 is 0 Å². The number of carbonyl (C=O) groups is 2. The zero-order valence-electron chi connectivity index (χ0n) is 14.8. The number of hydrogen-bond acceptors (Lipinski definition) is 6. The van der Waals surface area contributed by atoms with E-state index in [0.29, 0.717) is 25.4 Å². The summed E-state index contributed by atoms with van der Waals surface area (Å²) in [4.78, 5) is 23.9. The van der Waals surface area contributed by atoms with Gasteiger partial charge in [-0.3, -0.25) is 10.1 Å². The van der Waals surface area contributed by atoms with E-state index in [9.17, 15) is 18.0 Å². The van der Waals surface area contributed by atoms with Crippen molar-refractivity contribution in [3.63, 3.8) is 0 Å². The van der Waals surface area contributed by atoms with E-state index < -0.39 is 27.5 Å². The molecule has 2 unspecified atom stereocenters. The fraction of sp³-hybridized carbons (Fsp3) is 0.500. The maximum atomic E-state index is 13.0. The molecule has 3 N–H and O–H groups in total. The topological polar surface area (TPSA) is 117 Å². The molecule has 0 aliphatic carbocycles. The summed E-state index contributed by atoms with van der Waals surface area (Å²) in [5.41, 5.74) is -1.13. The van der Waals surface area contributed by atoms with E-state index in [-0.39, 0.29) is 16.5 Å². The molecule has 142 valence electrons. The molecule has 2 aliphatic rings. The highest BCUT2D eigenvalue weighted by molar-refractivity contribution is 7.89. The summed E-state index contributed by atoms with van der Waals surface area (Å²) in [7, 11) is -2.32. The summed E-state index contributed by atoms with van der Waals surface area (Å²) in [6.07, 6.45) is 0. The first-order valence-corrected chi connectivity index (χ1v) is 9.68. The molecule has 1 aromatic rings. The molecule has 0 bridgehead atoms. The second-order valence-electron chi connectivity index (χ2n) is 6.61. The molecule has 2 atom stereocenters. The van der Waals surface area contributed by atoms with Crippen molar-refractivity contribution in [1.29, 1.82) is 0 Å². The fourth-order valence-corrected chi connectivity index (χ4v) is 4.79. The van der Waals surface area contributed by atoms with Gasteiger partial charge in [0, 0.05) is 31.2 Å². The summed E-state index contributed by atoms with van der Waals surface area (Å²) in [6.45, 7) is 4.72. The van der Waals surface area contributed by atoms with Crippen LogP contribution in [0.1, 0.15) is 19.4 Å². The van der Waals surface area contributed by atoms with Gasteiger partial charge in [-0.1, -0.05) is 0 Å². The quantitative estimate of drug-likeness (QED) is 0.618. The van der Waals surface area contributed by atoms with Gasteiger partial charge in [-0.05, 0) is 32.0 Å². The van der Waals surface area contributed by atoms with Gasteiger partial charge < -0.3 is 15.4 Å². The molecule has 0 radical (unpaired) electrons. The van der Waals surface area contributed by atoms with Gasteiger partial charge in [-0.25, -0.2) is 13.2 Å². The van der Waals surface area contributed by atoms with Crippen molar-refractivity contribution in [2.75, 3.05) is 26.7 Å². The Labute approximate surface area is 152 Å². The van der Waals surface area contributed by atoms with Crippen LogP contribution >= 0.6 is 0 Å². The maximum Gasteiger partial charge on any atom is 0.322 e. The molecule has 2 saturated heterocycles. The van der Waals surface area contributed by atoms with Gasteiger partial charge in [-0.2, -0.15) is 4.31 Å². The first-order valence-electron chi connectivity index (χ1n) is 8.24. The molecule has 10 heteroatoms. The normalized spacial score (nSPS) is 27.1. The lowest BCUT2D eigenvalue weighted by Crippen LogP contribution is -2.51. The van der Waals surface area contributed by atoms with Crippen molar-refractivity contribution in [2.45, 2.75) is 30.3 Å². The predicted molar refractivity (Wildman–Crippen MR) is 93.2 cm³/mol. The van der Waals surface area contributed by atoms with E-state index in [1.54, 1.807) is 0 Å². The van der Waals surface area contributed by atoms with Crippen molar-refractivity contribution in [1.82, 2.24) is 20.3 Å². The number of sulfonamides is 1. The van der Waals surface area contributed by atoms with Crippen LogP contribution < -0.4 is 20.7 Å². The number of nitrogens with one attached hydrogen (secondary N) is 3. The summed E-state index contributed by atoms with van der Waals surface area (Å²) in [6, 6.07) is 3.75. The van der Waals surface area contributed by atoms with Crippen molar-refractivity contribution in [3.8, 4) is 5.75 Å². The average Bonchev–Trinajstić information content (AvgIpc) is 2.87. The van der Waals surface area contributed by atoms with Crippen LogP contribution in [0.2, 0.25) is 0 Å². The molecule has 3 amide bonds. The second-order valence-corrected chi connectivity index (χ2v) is 8.55. The van der Waals surface area contributed by atoms with Gasteiger partial charge in [0.05, 0.1) is 12.0 Å². The van der Waals surface area contributed by atoms with Crippen LogP contribution in [-0.4, -0.2) is 57.4 Å². The zero-order valence-corrected chi connectivity index (χ0v) is 15.6. The monoisotopic (exact) mass is 382 g/mol. The number of imide groups is 1. The summed E-state index contributed by atoms with van der Waals surface area (Å²) in [5.74, 6) is -0.247. The minimum absolute atomic E-state index is 0.0497. The minimum Gasteiger partial charge on any atom is -0.496 e. The van der Waals surface area contributed by atoms with Crippen LogP contribution in [0.5, 0.6) is 5.75 Å². The second kappa shape index (κ2) is 6.53. The first-order chi connectivity index (χ1) is 12.2. The standard InChI is InChI=1S/C16H22N4O5S/c1-10-9-20(7-6-17-10)26(23,24)11-4-5-13(25-3)12(8-11)16(2)14(21)18-15(22)19-16/h4-5,8,10,17H,6-7,9H2,1-3H3,(H2,18,19,21,22). The summed E-state index contributed by atoms with van der Waals surface area (Å²) in [5, 5.41) is 7.91. The molecule has 26 heavy (non-hydrogen) atoms. The van der Waals surface area contributed by atoms with Crippen LogP contribution in [0, 0.1) is 0 Å². The molecule has 0 aromatic heterocycles. The lowest BCUT2D eigenvalue weighted by atomic mass is 9.91. The smallest absolute Gasteiger partial charge is 0.322 e. The highest BCUT2D eigenvalue weighted by atomic mass is 32.2. The molecule has 3 rings (SSSR count). The molecular formula is C16H22N4O5S. The lowest BCUT2D eigenvalue weighted by molar-refractivity contribution is -0.123. The SMILES string of the molecule is COc1ccc(S(=O)(=O)N2CCNC(C)C2)cc1C1(C)NC(=O)NC1=O. The highest BCUT2D eigenvalue weighted by Crippen LogP contribution is 2.34. The number of piperazine rings is 1. The lowest BCUT2D eigenvalue weighted by Gasteiger charge is -2.31. The Morgan fingerprint density at radius 2 is 2.04 bits per heavy atom. The van der Waals surface area contributed by atoms with Crippen LogP contribution in [0.25, 0.3) is 0 Å². The van der Waals surface area contributed by atoms with E-state index in [1.807, 2.05) is 6.92 Å². The predicted octanol–water partition coefficient (Wildman–Crippen LogP) is -0.268. The van der Waals surface area contributed by atoms with Gasteiger partial charge >= 0.3 is 6.03 Å². The third-order valence-electron chi connectivity index (χ3n) is 4.72. The molecule has 1 aromatic carbocycles.